The van der Waals surface area contributed by atoms with Crippen LogP contribution < -0.4 is 0 Å². The van der Waals surface area contributed by atoms with Gasteiger partial charge >= 0.3 is 0 Å². The van der Waals surface area contributed by atoms with Crippen molar-refractivity contribution in [1.29, 1.82) is 0 Å². The fraction of sp³-hybridized carbons (Fsp3) is 0.364. The third-order valence-corrected chi connectivity index (χ3v) is 7.00. The van der Waals surface area contributed by atoms with Gasteiger partial charge in [0.05, 0.1) is 5.92 Å². The van der Waals surface area contributed by atoms with Crippen molar-refractivity contribution in [3.63, 3.8) is 0 Å². The predicted molar refractivity (Wildman–Crippen MR) is 113 cm³/mol. The SMILES string of the molecule is O=C1C[C@H](C(=O)N2CCN(Cc3ccccc3)CC2)C(c2ccc(Cl)cc2)S1. The third kappa shape index (κ3) is 4.43. The van der Waals surface area contributed by atoms with Crippen LogP contribution >= 0.6 is 23.4 Å². The normalized spacial score (nSPS) is 23.2. The summed E-state index contributed by atoms with van der Waals surface area (Å²) in [4.78, 5) is 29.6. The first-order chi connectivity index (χ1) is 13.6. The van der Waals surface area contributed by atoms with Gasteiger partial charge in [-0.1, -0.05) is 65.8 Å². The number of carbonyl (C=O) groups excluding carboxylic acids is 2. The summed E-state index contributed by atoms with van der Waals surface area (Å²) in [6, 6.07) is 17.9. The van der Waals surface area contributed by atoms with E-state index in [9.17, 15) is 9.59 Å². The van der Waals surface area contributed by atoms with Crippen molar-refractivity contribution in [1.82, 2.24) is 9.80 Å². The maximum atomic E-state index is 13.2. The van der Waals surface area contributed by atoms with Crippen molar-refractivity contribution in [2.24, 2.45) is 5.92 Å². The lowest BCUT2D eigenvalue weighted by molar-refractivity contribution is -0.138. The highest BCUT2D eigenvalue weighted by atomic mass is 35.5. The molecule has 2 aromatic rings. The van der Waals surface area contributed by atoms with E-state index in [1.165, 1.54) is 17.3 Å². The van der Waals surface area contributed by atoms with Crippen LogP contribution in [0.4, 0.5) is 0 Å². The van der Waals surface area contributed by atoms with Crippen LogP contribution in [0, 0.1) is 5.92 Å². The van der Waals surface area contributed by atoms with Gasteiger partial charge in [0.2, 0.25) is 5.91 Å². The van der Waals surface area contributed by atoms with E-state index in [0.717, 1.165) is 25.2 Å². The van der Waals surface area contributed by atoms with Crippen molar-refractivity contribution in [3.8, 4) is 0 Å². The molecule has 2 saturated heterocycles. The van der Waals surface area contributed by atoms with E-state index < -0.39 is 0 Å². The van der Waals surface area contributed by atoms with Crippen LogP contribution in [0.3, 0.4) is 0 Å². The molecule has 2 aliphatic heterocycles. The fourth-order valence-electron chi connectivity index (χ4n) is 3.93. The van der Waals surface area contributed by atoms with Crippen molar-refractivity contribution in [3.05, 3.63) is 70.7 Å². The Morgan fingerprint density at radius 3 is 2.36 bits per heavy atom. The Morgan fingerprint density at radius 1 is 1.00 bits per heavy atom. The van der Waals surface area contributed by atoms with E-state index in [1.807, 2.05) is 35.2 Å². The summed E-state index contributed by atoms with van der Waals surface area (Å²) in [6.45, 7) is 4.07. The van der Waals surface area contributed by atoms with Gasteiger partial charge in [-0.05, 0) is 23.3 Å². The molecule has 146 valence electrons. The van der Waals surface area contributed by atoms with Gasteiger partial charge in [-0.25, -0.2) is 0 Å². The lowest BCUT2D eigenvalue weighted by Gasteiger charge is -2.36. The molecule has 4 rings (SSSR count). The Hall–Kier alpha value is -1.82. The molecule has 0 aromatic heterocycles. The highest BCUT2D eigenvalue weighted by Gasteiger charge is 2.42. The smallest absolute Gasteiger partial charge is 0.227 e. The van der Waals surface area contributed by atoms with Gasteiger partial charge in [0.15, 0.2) is 5.12 Å². The first kappa shape index (κ1) is 19.5. The zero-order valence-corrected chi connectivity index (χ0v) is 17.2. The third-order valence-electron chi connectivity index (χ3n) is 5.46. The Labute approximate surface area is 174 Å². The quantitative estimate of drug-likeness (QED) is 0.758. The summed E-state index contributed by atoms with van der Waals surface area (Å²) in [5, 5.41) is 0.649. The number of halogens is 1. The molecule has 0 N–H and O–H groups in total. The molecular formula is C22H23ClN2O2S. The van der Waals surface area contributed by atoms with Crippen LogP contribution in [0.1, 0.15) is 22.8 Å². The molecule has 1 amide bonds. The summed E-state index contributed by atoms with van der Waals surface area (Å²) >= 11 is 7.27. The topological polar surface area (TPSA) is 40.6 Å². The number of hydrogen-bond acceptors (Lipinski definition) is 4. The second-order valence-corrected chi connectivity index (χ2v) is 9.00. The Kier molecular flexibility index (Phi) is 6.04. The van der Waals surface area contributed by atoms with Gasteiger partial charge in [0.25, 0.3) is 0 Å². The highest BCUT2D eigenvalue weighted by Crippen LogP contribution is 2.46. The van der Waals surface area contributed by atoms with Crippen molar-refractivity contribution in [2.75, 3.05) is 26.2 Å². The van der Waals surface area contributed by atoms with E-state index in [2.05, 4.69) is 29.2 Å². The summed E-state index contributed by atoms with van der Waals surface area (Å²) < 4.78 is 0. The monoisotopic (exact) mass is 414 g/mol. The summed E-state index contributed by atoms with van der Waals surface area (Å²) in [6.07, 6.45) is 0.320. The molecule has 0 radical (unpaired) electrons. The van der Waals surface area contributed by atoms with E-state index in [4.69, 9.17) is 11.6 Å². The minimum Gasteiger partial charge on any atom is -0.340 e. The first-order valence-electron chi connectivity index (χ1n) is 9.60. The molecule has 28 heavy (non-hydrogen) atoms. The minimum absolute atomic E-state index is 0.0982. The molecule has 6 heteroatoms. The number of piperazine rings is 1. The second-order valence-electron chi connectivity index (χ2n) is 7.36. The van der Waals surface area contributed by atoms with Crippen molar-refractivity contribution in [2.45, 2.75) is 18.2 Å². The largest absolute Gasteiger partial charge is 0.340 e. The summed E-state index contributed by atoms with van der Waals surface area (Å²) in [5.41, 5.74) is 2.30. The minimum atomic E-state index is -0.278. The molecule has 2 atom stereocenters. The molecule has 0 aliphatic carbocycles. The van der Waals surface area contributed by atoms with Crippen LogP contribution in [0.15, 0.2) is 54.6 Å². The number of carbonyl (C=O) groups is 2. The van der Waals surface area contributed by atoms with Crippen molar-refractivity contribution >= 4 is 34.4 Å². The van der Waals surface area contributed by atoms with Crippen LogP contribution in [-0.4, -0.2) is 47.0 Å². The number of thioether (sulfide) groups is 1. The number of benzene rings is 2. The molecule has 1 unspecified atom stereocenters. The molecule has 2 fully saturated rings. The Morgan fingerprint density at radius 2 is 1.68 bits per heavy atom. The summed E-state index contributed by atoms with van der Waals surface area (Å²) in [7, 11) is 0. The molecule has 4 nitrogen and oxygen atoms in total. The molecule has 2 aliphatic rings. The Balaban J connectivity index is 1.38. The maximum Gasteiger partial charge on any atom is 0.227 e. The van der Waals surface area contributed by atoms with E-state index in [-0.39, 0.29) is 22.2 Å². The standard InChI is InChI=1S/C22H23ClN2O2S/c23-18-8-6-17(7-9-18)21-19(14-20(26)28-21)22(27)25-12-10-24(11-13-25)15-16-4-2-1-3-5-16/h1-9,19,21H,10-15H2/t19-,21?/m0/s1. The zero-order chi connectivity index (χ0) is 19.5. The predicted octanol–water partition coefficient (Wildman–Crippen LogP) is 4.01. The number of nitrogens with zero attached hydrogens (tertiary/aromatic N) is 2. The molecule has 0 bridgehead atoms. The van der Waals surface area contributed by atoms with Crippen LogP contribution in [0.2, 0.25) is 5.02 Å². The van der Waals surface area contributed by atoms with Gasteiger partial charge in [0, 0.05) is 49.4 Å². The zero-order valence-electron chi connectivity index (χ0n) is 15.6. The maximum absolute atomic E-state index is 13.2. The van der Waals surface area contributed by atoms with Crippen LogP contribution in [0.25, 0.3) is 0 Å². The molecular weight excluding hydrogens is 392 g/mol. The molecule has 2 aromatic carbocycles. The number of amides is 1. The van der Waals surface area contributed by atoms with Gasteiger partial charge in [-0.15, -0.1) is 0 Å². The van der Waals surface area contributed by atoms with Gasteiger partial charge in [0.1, 0.15) is 0 Å². The average Bonchev–Trinajstić information content (AvgIpc) is 3.11. The molecule has 0 spiro atoms. The van der Waals surface area contributed by atoms with E-state index in [1.54, 1.807) is 0 Å². The molecule has 2 heterocycles. The van der Waals surface area contributed by atoms with E-state index >= 15 is 0 Å². The van der Waals surface area contributed by atoms with E-state index in [0.29, 0.717) is 24.5 Å². The molecule has 0 saturated carbocycles. The Bertz CT molecular complexity index is 835. The lowest BCUT2D eigenvalue weighted by Crippen LogP contribution is -2.50. The number of rotatable bonds is 4. The van der Waals surface area contributed by atoms with Crippen molar-refractivity contribution < 1.29 is 9.59 Å². The number of hydrogen-bond donors (Lipinski definition) is 0. The van der Waals surface area contributed by atoms with Gasteiger partial charge < -0.3 is 4.90 Å². The first-order valence-corrected chi connectivity index (χ1v) is 10.9. The van der Waals surface area contributed by atoms with Gasteiger partial charge in [-0.3, -0.25) is 14.5 Å². The van der Waals surface area contributed by atoms with Crippen LogP contribution in [-0.2, 0) is 16.1 Å². The average molecular weight is 415 g/mol. The van der Waals surface area contributed by atoms with Crippen LogP contribution in [0.5, 0.6) is 0 Å². The lowest BCUT2D eigenvalue weighted by atomic mass is 9.94. The second kappa shape index (κ2) is 8.68. The van der Waals surface area contributed by atoms with Gasteiger partial charge in [-0.2, -0.15) is 0 Å². The summed E-state index contributed by atoms with van der Waals surface area (Å²) in [5.74, 6) is -0.169. The highest BCUT2D eigenvalue weighted by molar-refractivity contribution is 8.14. The fourth-order valence-corrected chi connectivity index (χ4v) is 5.29.